The van der Waals surface area contributed by atoms with Crippen molar-refractivity contribution in [1.82, 2.24) is 10.3 Å². The van der Waals surface area contributed by atoms with Crippen LogP contribution in [0.3, 0.4) is 0 Å². The largest absolute Gasteiger partial charge is 0.349 e. The van der Waals surface area contributed by atoms with E-state index in [9.17, 15) is 9.18 Å². The van der Waals surface area contributed by atoms with E-state index < -0.39 is 5.95 Å². The molecule has 0 radical (unpaired) electrons. The van der Waals surface area contributed by atoms with Crippen molar-refractivity contribution < 1.29 is 9.18 Å². The lowest BCUT2D eigenvalue weighted by Gasteiger charge is -2.12. The highest BCUT2D eigenvalue weighted by Crippen LogP contribution is 2.11. The molecule has 0 aliphatic carbocycles. The van der Waals surface area contributed by atoms with Crippen molar-refractivity contribution in [2.45, 2.75) is 19.4 Å². The Kier molecular flexibility index (Phi) is 4.04. The molecule has 2 heterocycles. The zero-order valence-corrected chi connectivity index (χ0v) is 10.7. The number of nitrogens with zero attached hydrogens (tertiary/aromatic N) is 1. The maximum Gasteiger partial charge on any atom is 0.251 e. The monoisotopic (exact) mass is 264 g/mol. The van der Waals surface area contributed by atoms with Crippen LogP contribution in [0.15, 0.2) is 35.8 Å². The molecule has 5 heteroatoms. The lowest BCUT2D eigenvalue weighted by Crippen LogP contribution is -2.33. The summed E-state index contributed by atoms with van der Waals surface area (Å²) in [7, 11) is 0. The second kappa shape index (κ2) is 5.73. The summed E-state index contributed by atoms with van der Waals surface area (Å²) in [6, 6.07) is 6.64. The summed E-state index contributed by atoms with van der Waals surface area (Å²) in [6.45, 7) is 1.93. The summed E-state index contributed by atoms with van der Waals surface area (Å²) in [6.07, 6.45) is 2.06. The molecular formula is C13H13FN2OS. The Balaban J connectivity index is 1.95. The number of halogens is 1. The fraction of sp³-hybridized carbons (Fsp3) is 0.231. The first-order valence-electron chi connectivity index (χ1n) is 5.60. The Morgan fingerprint density at radius 2 is 2.39 bits per heavy atom. The van der Waals surface area contributed by atoms with Gasteiger partial charge in [0, 0.05) is 35.2 Å². The van der Waals surface area contributed by atoms with Gasteiger partial charge in [0.05, 0.1) is 0 Å². The number of carbonyl (C=O) groups is 1. The van der Waals surface area contributed by atoms with Crippen molar-refractivity contribution in [2.75, 3.05) is 0 Å². The van der Waals surface area contributed by atoms with Crippen LogP contribution in [0.5, 0.6) is 0 Å². The van der Waals surface area contributed by atoms with Gasteiger partial charge in [-0.25, -0.2) is 4.98 Å². The van der Waals surface area contributed by atoms with Gasteiger partial charge >= 0.3 is 0 Å². The van der Waals surface area contributed by atoms with Gasteiger partial charge in [0.1, 0.15) is 0 Å². The van der Waals surface area contributed by atoms with Crippen LogP contribution >= 0.6 is 11.3 Å². The van der Waals surface area contributed by atoms with Crippen molar-refractivity contribution in [3.05, 3.63) is 52.2 Å². The first-order valence-corrected chi connectivity index (χ1v) is 6.48. The molecule has 1 amide bonds. The zero-order chi connectivity index (χ0) is 13.0. The molecule has 0 saturated carbocycles. The molecule has 1 unspecified atom stereocenters. The molecule has 0 saturated heterocycles. The third kappa shape index (κ3) is 3.37. The number of thiophene rings is 1. The maximum absolute atomic E-state index is 12.9. The summed E-state index contributed by atoms with van der Waals surface area (Å²) in [5.41, 5.74) is 0.292. The second-order valence-corrected chi connectivity index (χ2v) is 5.06. The Labute approximate surface area is 109 Å². The molecule has 1 N–H and O–H groups in total. The van der Waals surface area contributed by atoms with Gasteiger partial charge in [-0.1, -0.05) is 6.07 Å². The van der Waals surface area contributed by atoms with Gasteiger partial charge in [-0.2, -0.15) is 4.39 Å². The molecule has 0 aliphatic rings. The van der Waals surface area contributed by atoms with Crippen LogP contribution in [-0.4, -0.2) is 16.9 Å². The topological polar surface area (TPSA) is 42.0 Å². The highest BCUT2D eigenvalue weighted by atomic mass is 32.1. The van der Waals surface area contributed by atoms with E-state index in [0.717, 1.165) is 12.5 Å². The fourth-order valence-electron chi connectivity index (χ4n) is 1.63. The van der Waals surface area contributed by atoms with Gasteiger partial charge < -0.3 is 5.32 Å². The van der Waals surface area contributed by atoms with Crippen molar-refractivity contribution >= 4 is 17.2 Å². The minimum Gasteiger partial charge on any atom is -0.349 e. The Morgan fingerprint density at radius 1 is 1.56 bits per heavy atom. The van der Waals surface area contributed by atoms with Crippen molar-refractivity contribution in [1.29, 1.82) is 0 Å². The lowest BCUT2D eigenvalue weighted by molar-refractivity contribution is 0.0939. The predicted octanol–water partition coefficient (Wildman–Crippen LogP) is 2.64. The molecule has 0 aromatic carbocycles. The van der Waals surface area contributed by atoms with Gasteiger partial charge in [0.15, 0.2) is 0 Å². The van der Waals surface area contributed by atoms with Gasteiger partial charge in [0.25, 0.3) is 5.91 Å². The van der Waals surface area contributed by atoms with E-state index >= 15 is 0 Å². The molecule has 94 valence electrons. The van der Waals surface area contributed by atoms with E-state index in [1.165, 1.54) is 17.1 Å². The molecule has 0 fully saturated rings. The number of amides is 1. The molecule has 2 aromatic heterocycles. The Morgan fingerprint density at radius 3 is 3.06 bits per heavy atom. The Hall–Kier alpha value is -1.75. The molecule has 1 atom stereocenters. The number of pyridine rings is 1. The molecule has 0 bridgehead atoms. The standard InChI is InChI=1S/C13H13FN2OS/c1-9(7-11-3-2-6-18-11)16-13(17)10-4-5-15-12(14)8-10/h2-6,8-9H,7H2,1H3,(H,16,17). The van der Waals surface area contributed by atoms with E-state index in [1.807, 2.05) is 24.4 Å². The number of hydrogen-bond donors (Lipinski definition) is 1. The third-order valence-corrected chi connectivity index (χ3v) is 3.35. The number of carbonyl (C=O) groups excluding carboxylic acids is 1. The molecular weight excluding hydrogens is 251 g/mol. The molecule has 0 aliphatic heterocycles. The first kappa shape index (κ1) is 12.7. The summed E-state index contributed by atoms with van der Waals surface area (Å²) in [5, 5.41) is 4.84. The SMILES string of the molecule is CC(Cc1cccs1)NC(=O)c1ccnc(F)c1. The summed E-state index contributed by atoms with van der Waals surface area (Å²) in [5.74, 6) is -0.922. The highest BCUT2D eigenvalue weighted by Gasteiger charge is 2.11. The fourth-order valence-corrected chi connectivity index (χ4v) is 2.47. The zero-order valence-electron chi connectivity index (χ0n) is 9.89. The first-order chi connectivity index (χ1) is 8.65. The smallest absolute Gasteiger partial charge is 0.251 e. The van der Waals surface area contributed by atoms with Gasteiger partial charge in [-0.15, -0.1) is 11.3 Å². The van der Waals surface area contributed by atoms with E-state index in [4.69, 9.17) is 0 Å². The summed E-state index contributed by atoms with van der Waals surface area (Å²) >= 11 is 1.66. The average molecular weight is 264 g/mol. The molecule has 18 heavy (non-hydrogen) atoms. The van der Waals surface area contributed by atoms with E-state index in [1.54, 1.807) is 11.3 Å². The van der Waals surface area contributed by atoms with Crippen LogP contribution in [0.4, 0.5) is 4.39 Å². The molecule has 2 aromatic rings. The van der Waals surface area contributed by atoms with Crippen molar-refractivity contribution in [3.63, 3.8) is 0 Å². The van der Waals surface area contributed by atoms with E-state index in [2.05, 4.69) is 10.3 Å². The van der Waals surface area contributed by atoms with Crippen LogP contribution in [0.1, 0.15) is 22.2 Å². The number of rotatable bonds is 4. The van der Waals surface area contributed by atoms with Crippen molar-refractivity contribution in [3.8, 4) is 0 Å². The summed E-state index contributed by atoms with van der Waals surface area (Å²) in [4.78, 5) is 16.5. The second-order valence-electron chi connectivity index (χ2n) is 4.03. The third-order valence-electron chi connectivity index (χ3n) is 2.45. The van der Waals surface area contributed by atoms with Crippen LogP contribution < -0.4 is 5.32 Å². The highest BCUT2D eigenvalue weighted by molar-refractivity contribution is 7.09. The van der Waals surface area contributed by atoms with Crippen LogP contribution in [0.25, 0.3) is 0 Å². The normalized spacial score (nSPS) is 12.1. The maximum atomic E-state index is 12.9. The summed E-state index contributed by atoms with van der Waals surface area (Å²) < 4.78 is 12.9. The average Bonchev–Trinajstić information content (AvgIpc) is 2.81. The van der Waals surface area contributed by atoms with Gasteiger partial charge in [0.2, 0.25) is 5.95 Å². The van der Waals surface area contributed by atoms with Crippen molar-refractivity contribution in [2.24, 2.45) is 0 Å². The predicted molar refractivity (Wildman–Crippen MR) is 69.1 cm³/mol. The molecule has 2 rings (SSSR count). The van der Waals surface area contributed by atoms with Crippen LogP contribution in [-0.2, 0) is 6.42 Å². The van der Waals surface area contributed by atoms with Gasteiger partial charge in [-0.3, -0.25) is 4.79 Å². The number of hydrogen-bond acceptors (Lipinski definition) is 3. The minimum absolute atomic E-state index is 0.00683. The molecule has 3 nitrogen and oxygen atoms in total. The Bertz CT molecular complexity index is 528. The van der Waals surface area contributed by atoms with Gasteiger partial charge in [-0.05, 0) is 24.4 Å². The van der Waals surface area contributed by atoms with Crippen LogP contribution in [0, 0.1) is 5.95 Å². The number of aromatic nitrogens is 1. The van der Waals surface area contributed by atoms with E-state index in [0.29, 0.717) is 5.56 Å². The minimum atomic E-state index is -0.645. The van der Waals surface area contributed by atoms with Crippen LogP contribution in [0.2, 0.25) is 0 Å². The van der Waals surface area contributed by atoms with E-state index in [-0.39, 0.29) is 11.9 Å². The quantitative estimate of drug-likeness (QED) is 0.863. The lowest BCUT2D eigenvalue weighted by atomic mass is 10.2. The molecule has 0 spiro atoms. The number of nitrogens with one attached hydrogen (secondary N) is 1.